The second kappa shape index (κ2) is 4.00. The number of halogens is 2. The fraction of sp³-hybridized carbons (Fsp3) is 1.00. The molecule has 0 amide bonds. The van der Waals surface area contributed by atoms with E-state index in [1.165, 1.54) is 0 Å². The summed E-state index contributed by atoms with van der Waals surface area (Å²) in [4.78, 5) is 0. The summed E-state index contributed by atoms with van der Waals surface area (Å²) in [5.74, 6) is 0.0822. The molecule has 1 aliphatic rings. The summed E-state index contributed by atoms with van der Waals surface area (Å²) in [5.41, 5.74) is 0. The van der Waals surface area contributed by atoms with Gasteiger partial charge in [0.2, 0.25) is 0 Å². The third kappa shape index (κ3) is 2.73. The lowest BCUT2D eigenvalue weighted by Crippen LogP contribution is -2.27. The van der Waals surface area contributed by atoms with Gasteiger partial charge >= 0.3 is 0 Å². The van der Waals surface area contributed by atoms with E-state index >= 15 is 0 Å². The summed E-state index contributed by atoms with van der Waals surface area (Å²) in [6, 6.07) is 0. The Bertz CT molecular complexity index is 109. The summed E-state index contributed by atoms with van der Waals surface area (Å²) < 4.78 is 30.3. The van der Waals surface area contributed by atoms with Crippen LogP contribution in [0, 0.1) is 5.92 Å². The van der Waals surface area contributed by atoms with Gasteiger partial charge in [-0.1, -0.05) is 0 Å². The number of alkyl halides is 2. The first-order chi connectivity index (χ1) is 5.22. The molecule has 0 aromatic heterocycles. The predicted octanol–water partition coefficient (Wildman–Crippen LogP) is 2.11. The molecule has 1 fully saturated rings. The molecule has 0 bridgehead atoms. The van der Waals surface area contributed by atoms with E-state index in [4.69, 9.17) is 4.74 Å². The van der Waals surface area contributed by atoms with Crippen LogP contribution < -0.4 is 0 Å². The molecule has 1 saturated carbocycles. The molecule has 0 aliphatic heterocycles. The smallest absolute Gasteiger partial charge is 0.103 e. The fourth-order valence-corrected chi connectivity index (χ4v) is 1.66. The van der Waals surface area contributed by atoms with E-state index in [0.717, 1.165) is 0 Å². The molecule has 3 heteroatoms. The summed E-state index contributed by atoms with van der Waals surface area (Å²) in [6.45, 7) is 0.487. The lowest BCUT2D eigenvalue weighted by Gasteiger charge is -2.26. The normalized spacial score (nSPS) is 39.0. The molecular weight excluding hydrogens is 150 g/mol. The Morgan fingerprint density at radius 3 is 2.18 bits per heavy atom. The van der Waals surface area contributed by atoms with Gasteiger partial charge in [-0.15, -0.1) is 0 Å². The molecule has 2 unspecified atom stereocenters. The van der Waals surface area contributed by atoms with Gasteiger partial charge in [-0.3, -0.25) is 0 Å². The summed E-state index contributed by atoms with van der Waals surface area (Å²) in [5, 5.41) is 0. The minimum absolute atomic E-state index is 0.0822. The molecule has 0 spiro atoms. The van der Waals surface area contributed by atoms with E-state index in [-0.39, 0.29) is 12.3 Å². The van der Waals surface area contributed by atoms with Crippen LogP contribution in [0.2, 0.25) is 0 Å². The maximum Gasteiger partial charge on any atom is 0.103 e. The lowest BCUT2D eigenvalue weighted by atomic mass is 9.87. The summed E-state index contributed by atoms with van der Waals surface area (Å²) >= 11 is 0. The van der Waals surface area contributed by atoms with Gasteiger partial charge in [-0.2, -0.15) is 0 Å². The molecule has 1 rings (SSSR count). The van der Waals surface area contributed by atoms with E-state index in [1.807, 2.05) is 0 Å². The molecule has 0 saturated heterocycles. The van der Waals surface area contributed by atoms with Crippen molar-refractivity contribution >= 4 is 0 Å². The molecule has 66 valence electrons. The van der Waals surface area contributed by atoms with Gasteiger partial charge in [-0.05, 0) is 18.8 Å². The van der Waals surface area contributed by atoms with Crippen molar-refractivity contribution in [3.63, 3.8) is 0 Å². The number of rotatable bonds is 2. The molecule has 0 radical (unpaired) electrons. The van der Waals surface area contributed by atoms with Crippen molar-refractivity contribution in [2.24, 2.45) is 5.92 Å². The number of ether oxygens (including phenoxy) is 1. The molecule has 1 aliphatic carbocycles. The SMILES string of the molecule is COCC1CC(F)CC(F)C1. The lowest BCUT2D eigenvalue weighted by molar-refractivity contribution is 0.0623. The zero-order valence-corrected chi connectivity index (χ0v) is 6.72. The largest absolute Gasteiger partial charge is 0.384 e. The first-order valence-electron chi connectivity index (χ1n) is 3.99. The fourth-order valence-electron chi connectivity index (χ4n) is 1.66. The third-order valence-corrected chi connectivity index (χ3v) is 2.09. The maximum atomic E-state index is 12.7. The standard InChI is InChI=1S/C8H14F2O/c1-11-5-6-2-7(9)4-8(10)3-6/h6-8H,2-5H2,1H3. The van der Waals surface area contributed by atoms with Gasteiger partial charge in [0.1, 0.15) is 12.3 Å². The van der Waals surface area contributed by atoms with Crippen LogP contribution in [0.1, 0.15) is 19.3 Å². The van der Waals surface area contributed by atoms with Crippen molar-refractivity contribution in [2.75, 3.05) is 13.7 Å². The van der Waals surface area contributed by atoms with Crippen LogP contribution in [-0.4, -0.2) is 26.1 Å². The van der Waals surface area contributed by atoms with Crippen LogP contribution in [0.4, 0.5) is 8.78 Å². The third-order valence-electron chi connectivity index (χ3n) is 2.09. The minimum atomic E-state index is -0.959. The average Bonchev–Trinajstić information content (AvgIpc) is 1.85. The molecule has 1 nitrogen and oxygen atoms in total. The molecule has 0 heterocycles. The summed E-state index contributed by atoms with van der Waals surface area (Å²) in [7, 11) is 1.56. The van der Waals surface area contributed by atoms with Crippen molar-refractivity contribution in [1.29, 1.82) is 0 Å². The van der Waals surface area contributed by atoms with Crippen LogP contribution >= 0.6 is 0 Å². The van der Waals surface area contributed by atoms with Gasteiger partial charge in [0, 0.05) is 20.1 Å². The van der Waals surface area contributed by atoms with Gasteiger partial charge in [0.05, 0.1) is 0 Å². The molecule has 0 aromatic rings. The van der Waals surface area contributed by atoms with E-state index in [9.17, 15) is 8.78 Å². The minimum Gasteiger partial charge on any atom is -0.384 e. The Balaban J connectivity index is 2.30. The molecule has 0 N–H and O–H groups in total. The Kier molecular flexibility index (Phi) is 3.24. The first kappa shape index (κ1) is 8.91. The highest BCUT2D eigenvalue weighted by atomic mass is 19.1. The average molecular weight is 164 g/mol. The zero-order valence-electron chi connectivity index (χ0n) is 6.72. The number of hydrogen-bond donors (Lipinski definition) is 0. The Morgan fingerprint density at radius 1 is 1.18 bits per heavy atom. The Morgan fingerprint density at radius 2 is 1.73 bits per heavy atom. The predicted molar refractivity (Wildman–Crippen MR) is 39.0 cm³/mol. The van der Waals surface area contributed by atoms with Crippen molar-refractivity contribution in [3.8, 4) is 0 Å². The number of hydrogen-bond acceptors (Lipinski definition) is 1. The van der Waals surface area contributed by atoms with Crippen molar-refractivity contribution in [1.82, 2.24) is 0 Å². The molecular formula is C8H14F2O. The highest BCUT2D eigenvalue weighted by molar-refractivity contribution is 4.78. The van der Waals surface area contributed by atoms with Gasteiger partial charge < -0.3 is 4.74 Å². The highest BCUT2D eigenvalue weighted by Gasteiger charge is 2.28. The second-order valence-electron chi connectivity index (χ2n) is 3.22. The van der Waals surface area contributed by atoms with Crippen LogP contribution in [-0.2, 0) is 4.74 Å². The van der Waals surface area contributed by atoms with Gasteiger partial charge in [-0.25, -0.2) is 8.78 Å². The Hall–Kier alpha value is -0.180. The topological polar surface area (TPSA) is 9.23 Å². The molecule has 11 heavy (non-hydrogen) atoms. The van der Waals surface area contributed by atoms with Crippen molar-refractivity contribution < 1.29 is 13.5 Å². The van der Waals surface area contributed by atoms with Crippen molar-refractivity contribution in [2.45, 2.75) is 31.6 Å². The van der Waals surface area contributed by atoms with Gasteiger partial charge in [0.15, 0.2) is 0 Å². The van der Waals surface area contributed by atoms with Crippen LogP contribution in [0.15, 0.2) is 0 Å². The van der Waals surface area contributed by atoms with E-state index in [2.05, 4.69) is 0 Å². The quantitative estimate of drug-likeness (QED) is 0.607. The van der Waals surface area contributed by atoms with E-state index in [0.29, 0.717) is 19.4 Å². The first-order valence-corrected chi connectivity index (χ1v) is 3.99. The van der Waals surface area contributed by atoms with Crippen LogP contribution in [0.25, 0.3) is 0 Å². The van der Waals surface area contributed by atoms with Gasteiger partial charge in [0.25, 0.3) is 0 Å². The Labute approximate surface area is 65.7 Å². The summed E-state index contributed by atoms with van der Waals surface area (Å²) in [6.07, 6.45) is -0.902. The van der Waals surface area contributed by atoms with Crippen LogP contribution in [0.5, 0.6) is 0 Å². The zero-order chi connectivity index (χ0) is 8.27. The highest BCUT2D eigenvalue weighted by Crippen LogP contribution is 2.28. The van der Waals surface area contributed by atoms with E-state index in [1.54, 1.807) is 7.11 Å². The second-order valence-corrected chi connectivity index (χ2v) is 3.22. The molecule has 0 aromatic carbocycles. The van der Waals surface area contributed by atoms with Crippen molar-refractivity contribution in [3.05, 3.63) is 0 Å². The van der Waals surface area contributed by atoms with Crippen LogP contribution in [0.3, 0.4) is 0 Å². The monoisotopic (exact) mass is 164 g/mol. The molecule has 2 atom stereocenters. The maximum absolute atomic E-state index is 12.7. The number of methoxy groups -OCH3 is 1. The van der Waals surface area contributed by atoms with E-state index < -0.39 is 12.3 Å².